The van der Waals surface area contributed by atoms with Crippen molar-refractivity contribution in [3.8, 4) is 0 Å². The van der Waals surface area contributed by atoms with Crippen molar-refractivity contribution in [1.29, 1.82) is 0 Å². The lowest BCUT2D eigenvalue weighted by Crippen LogP contribution is -2.54. The van der Waals surface area contributed by atoms with Crippen molar-refractivity contribution >= 4 is 5.91 Å². The second-order valence-corrected chi connectivity index (χ2v) is 7.45. The van der Waals surface area contributed by atoms with Gasteiger partial charge >= 0.3 is 0 Å². The zero-order chi connectivity index (χ0) is 16.4. The average molecular weight is 320 g/mol. The summed E-state index contributed by atoms with van der Waals surface area (Å²) in [5.41, 5.74) is 0.615. The Hall–Kier alpha value is -1.40. The van der Waals surface area contributed by atoms with Gasteiger partial charge in [-0.15, -0.1) is 0 Å². The molecule has 0 saturated carbocycles. The summed E-state index contributed by atoms with van der Waals surface area (Å²) >= 11 is 0. The van der Waals surface area contributed by atoms with Crippen LogP contribution in [0.1, 0.15) is 49.9 Å². The first-order valence-electron chi connectivity index (χ1n) is 8.63. The predicted molar refractivity (Wildman–Crippen MR) is 88.3 cm³/mol. The Morgan fingerprint density at radius 2 is 2.30 bits per heavy atom. The summed E-state index contributed by atoms with van der Waals surface area (Å²) in [6.45, 7) is 11.4. The van der Waals surface area contributed by atoms with Crippen LogP contribution in [-0.2, 0) is 17.9 Å². The van der Waals surface area contributed by atoms with Crippen molar-refractivity contribution in [1.82, 2.24) is 19.8 Å². The van der Waals surface area contributed by atoms with Crippen LogP contribution in [0.3, 0.4) is 0 Å². The number of likely N-dealkylation sites (tertiary alicyclic amines) is 1. The van der Waals surface area contributed by atoms with E-state index in [4.69, 9.17) is 4.74 Å². The van der Waals surface area contributed by atoms with Crippen LogP contribution in [0.5, 0.6) is 0 Å². The highest BCUT2D eigenvalue weighted by Gasteiger charge is 2.31. The minimum Gasteiger partial charge on any atom is -0.372 e. The molecule has 0 spiro atoms. The number of rotatable bonds is 4. The van der Waals surface area contributed by atoms with Crippen molar-refractivity contribution in [3.05, 3.63) is 17.7 Å². The molecule has 3 heterocycles. The van der Waals surface area contributed by atoms with Gasteiger partial charge in [0.15, 0.2) is 0 Å². The van der Waals surface area contributed by atoms with E-state index >= 15 is 0 Å². The van der Waals surface area contributed by atoms with Crippen LogP contribution in [0.15, 0.2) is 6.20 Å². The summed E-state index contributed by atoms with van der Waals surface area (Å²) in [5, 5.41) is 3.11. The molecule has 1 aromatic rings. The van der Waals surface area contributed by atoms with Crippen molar-refractivity contribution in [2.75, 3.05) is 26.2 Å². The number of fused-ring (bicyclic) bond motifs is 1. The number of ether oxygens (including phenoxy) is 1. The number of carbonyl (C=O) groups is 1. The number of piperidine rings is 1. The smallest absolute Gasteiger partial charge is 0.269 e. The third kappa shape index (κ3) is 3.58. The van der Waals surface area contributed by atoms with Crippen LogP contribution in [0.25, 0.3) is 0 Å². The number of nitrogens with one attached hydrogen (secondary N) is 1. The number of aromatic nitrogens is 2. The normalized spacial score (nSPS) is 22.7. The molecule has 1 atom stereocenters. The van der Waals surface area contributed by atoms with Gasteiger partial charge < -0.3 is 14.6 Å². The monoisotopic (exact) mass is 320 g/mol. The molecule has 1 unspecified atom stereocenters. The lowest BCUT2D eigenvalue weighted by molar-refractivity contribution is 0.0642. The molecular formula is C17H28N4O2. The molecule has 0 aromatic carbocycles. The molecule has 0 aliphatic carbocycles. The molecule has 2 aliphatic heterocycles. The lowest BCUT2D eigenvalue weighted by atomic mass is 9.93. The maximum atomic E-state index is 12.5. The van der Waals surface area contributed by atoms with Gasteiger partial charge in [-0.05, 0) is 39.2 Å². The molecule has 1 fully saturated rings. The molecule has 2 aliphatic rings. The highest BCUT2D eigenvalue weighted by Crippen LogP contribution is 2.23. The van der Waals surface area contributed by atoms with E-state index in [-0.39, 0.29) is 11.4 Å². The summed E-state index contributed by atoms with van der Waals surface area (Å²) in [6.07, 6.45) is 4.22. The molecule has 6 heteroatoms. The van der Waals surface area contributed by atoms with Gasteiger partial charge in [-0.1, -0.05) is 6.92 Å². The quantitative estimate of drug-likeness (QED) is 0.916. The van der Waals surface area contributed by atoms with Crippen LogP contribution in [0.2, 0.25) is 0 Å². The van der Waals surface area contributed by atoms with E-state index in [9.17, 15) is 4.79 Å². The Kier molecular flexibility index (Phi) is 4.73. The molecule has 1 N–H and O–H groups in total. The van der Waals surface area contributed by atoms with Gasteiger partial charge in [0.05, 0.1) is 12.8 Å². The summed E-state index contributed by atoms with van der Waals surface area (Å²) in [6, 6.07) is 0. The van der Waals surface area contributed by atoms with Gasteiger partial charge in [-0.2, -0.15) is 0 Å². The van der Waals surface area contributed by atoms with E-state index in [0.29, 0.717) is 32.0 Å². The maximum Gasteiger partial charge on any atom is 0.269 e. The molecule has 1 saturated heterocycles. The fourth-order valence-electron chi connectivity index (χ4n) is 3.52. The Bertz CT molecular complexity index is 567. The first-order chi connectivity index (χ1) is 11.0. The van der Waals surface area contributed by atoms with E-state index in [1.807, 2.05) is 4.57 Å². The van der Waals surface area contributed by atoms with Crippen molar-refractivity contribution in [3.63, 3.8) is 0 Å². The third-order valence-electron chi connectivity index (χ3n) is 5.06. The SMILES string of the molecule is CC1CCCN(C(C)(C)CNC(=O)c2cnc3n2CCOC3)C1. The van der Waals surface area contributed by atoms with Gasteiger partial charge in [0.1, 0.15) is 18.1 Å². The standard InChI is InChI=1S/C17H28N4O2/c1-13-5-4-6-20(10-13)17(2,3)12-19-16(22)14-9-18-15-11-23-8-7-21(14)15/h9,13H,4-8,10-12H2,1-3H3,(H,19,22). The van der Waals surface area contributed by atoms with Gasteiger partial charge in [-0.25, -0.2) is 4.98 Å². The Morgan fingerprint density at radius 1 is 1.48 bits per heavy atom. The number of imidazole rings is 1. The Labute approximate surface area is 138 Å². The molecule has 6 nitrogen and oxygen atoms in total. The molecule has 0 bridgehead atoms. The number of amides is 1. The van der Waals surface area contributed by atoms with E-state index in [1.165, 1.54) is 12.8 Å². The highest BCUT2D eigenvalue weighted by atomic mass is 16.5. The summed E-state index contributed by atoms with van der Waals surface area (Å²) in [7, 11) is 0. The molecular weight excluding hydrogens is 292 g/mol. The maximum absolute atomic E-state index is 12.5. The molecule has 1 aromatic heterocycles. The van der Waals surface area contributed by atoms with E-state index in [2.05, 4.69) is 36.0 Å². The fraction of sp³-hybridized carbons (Fsp3) is 0.765. The predicted octanol–water partition coefficient (Wildman–Crippen LogP) is 1.65. The highest BCUT2D eigenvalue weighted by molar-refractivity contribution is 5.92. The van der Waals surface area contributed by atoms with Gasteiger partial charge in [0, 0.05) is 25.2 Å². The minimum absolute atomic E-state index is 0.0296. The van der Waals surface area contributed by atoms with Crippen LogP contribution < -0.4 is 5.32 Å². The zero-order valence-electron chi connectivity index (χ0n) is 14.5. The van der Waals surface area contributed by atoms with E-state index in [1.54, 1.807) is 6.20 Å². The number of nitrogens with zero attached hydrogens (tertiary/aromatic N) is 3. The van der Waals surface area contributed by atoms with Gasteiger partial charge in [0.25, 0.3) is 5.91 Å². The topological polar surface area (TPSA) is 59.4 Å². The summed E-state index contributed by atoms with van der Waals surface area (Å²) in [4.78, 5) is 19.3. The first kappa shape index (κ1) is 16.5. The van der Waals surface area contributed by atoms with Crippen LogP contribution >= 0.6 is 0 Å². The lowest BCUT2D eigenvalue weighted by Gasteiger charge is -2.43. The Morgan fingerprint density at radius 3 is 3.09 bits per heavy atom. The van der Waals surface area contributed by atoms with E-state index in [0.717, 1.165) is 24.8 Å². The van der Waals surface area contributed by atoms with Crippen LogP contribution in [-0.4, -0.2) is 52.1 Å². The van der Waals surface area contributed by atoms with Crippen molar-refractivity contribution in [2.24, 2.45) is 5.92 Å². The van der Waals surface area contributed by atoms with Gasteiger partial charge in [-0.3, -0.25) is 9.69 Å². The molecule has 3 rings (SSSR count). The second kappa shape index (κ2) is 6.61. The number of carbonyl (C=O) groups excluding carboxylic acids is 1. The molecule has 1 amide bonds. The van der Waals surface area contributed by atoms with Crippen LogP contribution in [0.4, 0.5) is 0 Å². The largest absolute Gasteiger partial charge is 0.372 e. The van der Waals surface area contributed by atoms with Crippen molar-refractivity contribution < 1.29 is 9.53 Å². The van der Waals surface area contributed by atoms with Crippen molar-refractivity contribution in [2.45, 2.75) is 52.3 Å². The second-order valence-electron chi connectivity index (χ2n) is 7.45. The first-order valence-corrected chi connectivity index (χ1v) is 8.63. The summed E-state index contributed by atoms with van der Waals surface area (Å²) in [5.74, 6) is 1.54. The fourth-order valence-corrected chi connectivity index (χ4v) is 3.52. The van der Waals surface area contributed by atoms with Gasteiger partial charge in [0.2, 0.25) is 0 Å². The summed E-state index contributed by atoms with van der Waals surface area (Å²) < 4.78 is 7.34. The van der Waals surface area contributed by atoms with E-state index < -0.39 is 0 Å². The number of hydrogen-bond donors (Lipinski definition) is 1. The molecule has 128 valence electrons. The Balaban J connectivity index is 1.61. The van der Waals surface area contributed by atoms with Crippen LogP contribution in [0, 0.1) is 5.92 Å². The molecule has 23 heavy (non-hydrogen) atoms. The third-order valence-corrected chi connectivity index (χ3v) is 5.06. The zero-order valence-corrected chi connectivity index (χ0v) is 14.5. The molecule has 0 radical (unpaired) electrons. The average Bonchev–Trinajstić information content (AvgIpc) is 2.97. The number of hydrogen-bond acceptors (Lipinski definition) is 4. The minimum atomic E-state index is -0.0382.